The van der Waals surface area contributed by atoms with E-state index in [9.17, 15) is 24.6 Å². The zero-order valence-electron chi connectivity index (χ0n) is 29.3. The van der Waals surface area contributed by atoms with Gasteiger partial charge in [0.05, 0.1) is 30.0 Å². The molecule has 52 heavy (non-hydrogen) atoms. The quantitative estimate of drug-likeness (QED) is 0.156. The van der Waals surface area contributed by atoms with Crippen LogP contribution >= 0.6 is 0 Å². The highest BCUT2D eigenvalue weighted by atomic mass is 16.5. The molecule has 0 unspecified atom stereocenters. The summed E-state index contributed by atoms with van der Waals surface area (Å²) >= 11 is 0. The van der Waals surface area contributed by atoms with Gasteiger partial charge in [-0.3, -0.25) is 14.4 Å². The van der Waals surface area contributed by atoms with Crippen LogP contribution in [-0.2, 0) is 17.8 Å². The number of hydrogen-bond donors (Lipinski definition) is 5. The predicted molar refractivity (Wildman–Crippen MR) is 201 cm³/mol. The SMILES string of the molecule is CNCCc1ccccc1-c1cc(O)c2nc[nH]c(=O)c2c1.COCc1ccc(C(=O)N2CCN(C)CC2)cc1-c1cc(O)c2nc[nH]c(=O)c2c1. The van der Waals surface area contributed by atoms with Crippen LogP contribution in [0.2, 0.25) is 0 Å². The molecule has 3 heterocycles. The van der Waals surface area contributed by atoms with Gasteiger partial charge in [0.1, 0.15) is 22.5 Å². The zero-order valence-corrected chi connectivity index (χ0v) is 29.3. The maximum atomic E-state index is 13.1. The van der Waals surface area contributed by atoms with Crippen LogP contribution in [-0.4, -0.2) is 99.8 Å². The van der Waals surface area contributed by atoms with Gasteiger partial charge in [0, 0.05) is 38.9 Å². The van der Waals surface area contributed by atoms with Crippen molar-refractivity contribution in [2.75, 3.05) is 53.9 Å². The maximum Gasteiger partial charge on any atom is 0.258 e. The second-order valence-electron chi connectivity index (χ2n) is 12.7. The highest BCUT2D eigenvalue weighted by Gasteiger charge is 2.22. The molecule has 0 spiro atoms. The lowest BCUT2D eigenvalue weighted by molar-refractivity contribution is 0.0664. The fourth-order valence-corrected chi connectivity index (χ4v) is 6.36. The summed E-state index contributed by atoms with van der Waals surface area (Å²) in [6, 6.07) is 20.1. The Labute approximate surface area is 299 Å². The summed E-state index contributed by atoms with van der Waals surface area (Å²) in [5, 5.41) is 24.4. The van der Waals surface area contributed by atoms with Gasteiger partial charge in [0.25, 0.3) is 17.0 Å². The van der Waals surface area contributed by atoms with E-state index in [1.54, 1.807) is 43.5 Å². The smallest absolute Gasteiger partial charge is 0.258 e. The van der Waals surface area contributed by atoms with E-state index in [4.69, 9.17) is 4.74 Å². The number of hydrogen-bond acceptors (Lipinski definition) is 10. The molecule has 0 saturated carbocycles. The number of carbonyl (C=O) groups excluding carboxylic acids is 1. The van der Waals surface area contributed by atoms with E-state index in [0.717, 1.165) is 53.9 Å². The molecule has 1 aliphatic heterocycles. The first-order valence-electron chi connectivity index (χ1n) is 16.9. The van der Waals surface area contributed by atoms with Gasteiger partial charge in [-0.25, -0.2) is 9.97 Å². The summed E-state index contributed by atoms with van der Waals surface area (Å²) < 4.78 is 5.32. The van der Waals surface area contributed by atoms with Crippen molar-refractivity contribution in [3.8, 4) is 33.8 Å². The second kappa shape index (κ2) is 16.0. The average molecular weight is 704 g/mol. The van der Waals surface area contributed by atoms with E-state index in [-0.39, 0.29) is 39.4 Å². The van der Waals surface area contributed by atoms with Gasteiger partial charge >= 0.3 is 0 Å². The number of aromatic nitrogens is 4. The predicted octanol–water partition coefficient (Wildman–Crippen LogP) is 3.89. The molecule has 1 saturated heterocycles. The lowest BCUT2D eigenvalue weighted by atomic mass is 9.95. The molecular weight excluding hydrogens is 662 g/mol. The molecule has 0 aliphatic carbocycles. The largest absolute Gasteiger partial charge is 0.506 e. The van der Waals surface area contributed by atoms with Gasteiger partial charge in [0.15, 0.2) is 0 Å². The van der Waals surface area contributed by atoms with Gasteiger partial charge in [-0.15, -0.1) is 0 Å². The molecule has 6 aromatic rings. The first-order valence-corrected chi connectivity index (χ1v) is 16.9. The molecule has 4 aromatic carbocycles. The molecule has 268 valence electrons. The van der Waals surface area contributed by atoms with Crippen molar-refractivity contribution in [2.45, 2.75) is 13.0 Å². The fourth-order valence-electron chi connectivity index (χ4n) is 6.36. The first-order chi connectivity index (χ1) is 25.2. The number of nitrogens with zero attached hydrogens (tertiary/aromatic N) is 4. The van der Waals surface area contributed by atoms with Crippen LogP contribution in [0, 0.1) is 0 Å². The number of phenols is 2. The number of benzene rings is 4. The van der Waals surface area contributed by atoms with Gasteiger partial charge in [-0.05, 0) is 96.8 Å². The number of fused-ring (bicyclic) bond motifs is 2. The topological polar surface area (TPSA) is 177 Å². The lowest BCUT2D eigenvalue weighted by Crippen LogP contribution is -2.47. The number of H-pyrrole nitrogens is 2. The van der Waals surface area contributed by atoms with E-state index in [1.165, 1.54) is 12.7 Å². The monoisotopic (exact) mass is 703 g/mol. The average Bonchev–Trinajstić information content (AvgIpc) is 3.15. The number of methoxy groups -OCH3 is 1. The number of piperazine rings is 1. The summed E-state index contributed by atoms with van der Waals surface area (Å²) in [5.41, 5.74) is 5.73. The number of aromatic amines is 2. The van der Waals surface area contributed by atoms with E-state index in [0.29, 0.717) is 41.7 Å². The van der Waals surface area contributed by atoms with Crippen molar-refractivity contribution in [1.29, 1.82) is 0 Å². The Balaban J connectivity index is 0.000000187. The van der Waals surface area contributed by atoms with Crippen molar-refractivity contribution >= 4 is 27.7 Å². The molecule has 5 N–H and O–H groups in total. The number of phenolic OH excluding ortho intramolecular Hbond substituents is 2. The standard InChI is InChI=1S/C22H24N4O4.C17H17N3O2/c1-25-5-7-26(8-6-25)22(29)14-3-4-15(12-30-2)17(9-14)16-10-18-20(19(27)11-16)23-13-24-21(18)28;1-18-7-6-11-4-2-3-5-13(11)12-8-14-16(15(21)9-12)19-10-20-17(14)22/h3-4,9-11,13,27H,5-8,12H2,1-2H3,(H,23,24,28);2-5,8-10,18,21H,6-7H2,1H3,(H,19,20,22). The molecule has 0 bridgehead atoms. The number of aromatic hydroxyl groups is 2. The van der Waals surface area contributed by atoms with Crippen LogP contribution in [0.15, 0.2) is 89.0 Å². The Hall–Kier alpha value is -5.89. The van der Waals surface area contributed by atoms with E-state index < -0.39 is 0 Å². The van der Waals surface area contributed by atoms with E-state index in [1.807, 2.05) is 43.3 Å². The number of ether oxygens (including phenoxy) is 1. The number of nitrogens with one attached hydrogen (secondary N) is 3. The summed E-state index contributed by atoms with van der Waals surface area (Å²) in [6.45, 7) is 4.24. The normalized spacial score (nSPS) is 13.2. The summed E-state index contributed by atoms with van der Waals surface area (Å²) in [5.74, 6) is -0.104. The fraction of sp³-hybridized carbons (Fsp3) is 0.256. The third-order valence-electron chi connectivity index (χ3n) is 9.18. The lowest BCUT2D eigenvalue weighted by Gasteiger charge is -2.32. The molecular formula is C39H41N7O6. The van der Waals surface area contributed by atoms with Crippen LogP contribution in [0.4, 0.5) is 0 Å². The molecule has 0 atom stereocenters. The highest BCUT2D eigenvalue weighted by Crippen LogP contribution is 2.33. The van der Waals surface area contributed by atoms with Gasteiger partial charge in [-0.1, -0.05) is 30.3 Å². The number of carbonyl (C=O) groups is 1. The zero-order chi connectivity index (χ0) is 36.8. The van der Waals surface area contributed by atoms with Crippen LogP contribution in [0.1, 0.15) is 21.5 Å². The number of likely N-dealkylation sites (N-methyl/N-ethyl adjacent to an activating group) is 2. The minimum Gasteiger partial charge on any atom is -0.506 e. The number of rotatable bonds is 8. The molecule has 13 heteroatoms. The Bertz CT molecular complexity index is 2350. The van der Waals surface area contributed by atoms with Gasteiger partial charge < -0.3 is 40.0 Å². The molecule has 0 radical (unpaired) electrons. The van der Waals surface area contributed by atoms with Crippen molar-refractivity contribution in [1.82, 2.24) is 35.1 Å². The van der Waals surface area contributed by atoms with Crippen molar-refractivity contribution in [3.05, 3.63) is 117 Å². The van der Waals surface area contributed by atoms with E-state index >= 15 is 0 Å². The molecule has 1 aliphatic rings. The van der Waals surface area contributed by atoms with Gasteiger partial charge in [0.2, 0.25) is 0 Å². The maximum absolute atomic E-state index is 13.1. The van der Waals surface area contributed by atoms with Crippen molar-refractivity contribution < 1.29 is 19.7 Å². The Kier molecular flexibility index (Phi) is 11.0. The van der Waals surface area contributed by atoms with Crippen LogP contribution in [0.25, 0.3) is 44.1 Å². The summed E-state index contributed by atoms with van der Waals surface area (Å²) in [4.78, 5) is 54.4. The molecule has 13 nitrogen and oxygen atoms in total. The molecule has 2 aromatic heterocycles. The van der Waals surface area contributed by atoms with Crippen LogP contribution in [0.3, 0.4) is 0 Å². The number of amides is 1. The molecule has 1 amide bonds. The second-order valence-corrected chi connectivity index (χ2v) is 12.7. The minimum atomic E-state index is -0.338. The third-order valence-corrected chi connectivity index (χ3v) is 9.18. The summed E-state index contributed by atoms with van der Waals surface area (Å²) in [6.07, 6.45) is 3.43. The first kappa shape index (κ1) is 35.9. The third kappa shape index (κ3) is 7.71. The van der Waals surface area contributed by atoms with Crippen LogP contribution in [0.5, 0.6) is 11.5 Å². The highest BCUT2D eigenvalue weighted by molar-refractivity contribution is 5.97. The Morgan fingerprint density at radius 3 is 2.00 bits per heavy atom. The van der Waals surface area contributed by atoms with Crippen molar-refractivity contribution in [3.63, 3.8) is 0 Å². The Morgan fingerprint density at radius 2 is 1.40 bits per heavy atom. The molecule has 7 rings (SSSR count). The summed E-state index contributed by atoms with van der Waals surface area (Å²) in [7, 11) is 5.55. The minimum absolute atomic E-state index is 0.0158. The van der Waals surface area contributed by atoms with Gasteiger partial charge in [-0.2, -0.15) is 0 Å². The Morgan fingerprint density at radius 1 is 0.808 bits per heavy atom. The molecule has 1 fully saturated rings. The van der Waals surface area contributed by atoms with Crippen LogP contribution < -0.4 is 16.4 Å². The van der Waals surface area contributed by atoms with Crippen molar-refractivity contribution in [2.24, 2.45) is 0 Å². The van der Waals surface area contributed by atoms with E-state index in [2.05, 4.69) is 36.2 Å².